The molecule has 0 heterocycles. The van der Waals surface area contributed by atoms with Gasteiger partial charge in [-0.1, -0.05) is 44.5 Å². The molecule has 2 N–H and O–H groups in total. The van der Waals surface area contributed by atoms with E-state index in [9.17, 15) is 0 Å². The van der Waals surface area contributed by atoms with Gasteiger partial charge >= 0.3 is 0 Å². The monoisotopic (exact) mass is 245 g/mol. The van der Waals surface area contributed by atoms with E-state index in [-0.39, 0.29) is 0 Å². The topological polar surface area (TPSA) is 26.0 Å². The Bertz CT molecular complexity index is 368. The number of benzene rings is 1. The van der Waals surface area contributed by atoms with Crippen molar-refractivity contribution in [1.29, 1.82) is 0 Å². The van der Waals surface area contributed by atoms with E-state index in [0.717, 1.165) is 18.9 Å². The summed E-state index contributed by atoms with van der Waals surface area (Å²) in [6.45, 7) is 5.37. The predicted molar refractivity (Wildman–Crippen MR) is 78.6 cm³/mol. The van der Waals surface area contributed by atoms with Gasteiger partial charge in [0.2, 0.25) is 0 Å². The number of aryl methyl sites for hydroxylation is 1. The van der Waals surface area contributed by atoms with Gasteiger partial charge in [-0.05, 0) is 61.1 Å². The van der Waals surface area contributed by atoms with Crippen molar-refractivity contribution in [2.45, 2.75) is 52.4 Å². The van der Waals surface area contributed by atoms with Crippen LogP contribution in [-0.4, -0.2) is 6.54 Å². The predicted octanol–water partition coefficient (Wildman–Crippen LogP) is 3.95. The van der Waals surface area contributed by atoms with Crippen LogP contribution in [0, 0.1) is 11.3 Å². The molecule has 2 atom stereocenters. The summed E-state index contributed by atoms with van der Waals surface area (Å²) in [6.07, 6.45) is 7.63. The van der Waals surface area contributed by atoms with E-state index in [4.69, 9.17) is 5.73 Å². The summed E-state index contributed by atoms with van der Waals surface area (Å²) in [5, 5.41) is 0. The fourth-order valence-electron chi connectivity index (χ4n) is 3.42. The Morgan fingerprint density at radius 3 is 2.33 bits per heavy atom. The first-order valence-corrected chi connectivity index (χ1v) is 7.49. The summed E-state index contributed by atoms with van der Waals surface area (Å²) < 4.78 is 0. The van der Waals surface area contributed by atoms with Crippen LogP contribution in [0.2, 0.25) is 0 Å². The molecule has 1 saturated carbocycles. The fourth-order valence-corrected chi connectivity index (χ4v) is 3.42. The van der Waals surface area contributed by atoms with Gasteiger partial charge in [-0.15, -0.1) is 0 Å². The van der Waals surface area contributed by atoms with Crippen LogP contribution in [0.3, 0.4) is 0 Å². The van der Waals surface area contributed by atoms with Gasteiger partial charge in [0.25, 0.3) is 0 Å². The maximum absolute atomic E-state index is 6.09. The lowest BCUT2D eigenvalue weighted by atomic mass is 9.79. The molecule has 1 aromatic rings. The summed E-state index contributed by atoms with van der Waals surface area (Å²) in [6, 6.07) is 9.14. The van der Waals surface area contributed by atoms with Gasteiger partial charge in [-0.25, -0.2) is 0 Å². The molecular formula is C17H27N. The number of hydrogen-bond acceptors (Lipinski definition) is 1. The Labute approximate surface area is 112 Å². The maximum Gasteiger partial charge on any atom is -0.00172 e. The van der Waals surface area contributed by atoms with Crippen molar-refractivity contribution in [3.8, 4) is 0 Å². The first-order chi connectivity index (χ1) is 8.71. The van der Waals surface area contributed by atoms with Gasteiger partial charge in [-0.2, -0.15) is 0 Å². The van der Waals surface area contributed by atoms with Crippen molar-refractivity contribution in [2.24, 2.45) is 17.1 Å². The summed E-state index contributed by atoms with van der Waals surface area (Å²) in [7, 11) is 0. The fraction of sp³-hybridized carbons (Fsp3) is 0.647. The second-order valence-electron chi connectivity index (χ2n) is 6.07. The van der Waals surface area contributed by atoms with Gasteiger partial charge < -0.3 is 5.73 Å². The van der Waals surface area contributed by atoms with E-state index < -0.39 is 0 Å². The van der Waals surface area contributed by atoms with Crippen molar-refractivity contribution in [2.75, 3.05) is 6.54 Å². The van der Waals surface area contributed by atoms with Crippen LogP contribution in [0.25, 0.3) is 0 Å². The van der Waals surface area contributed by atoms with Crippen molar-refractivity contribution in [3.05, 3.63) is 35.4 Å². The van der Waals surface area contributed by atoms with Crippen LogP contribution in [0.5, 0.6) is 0 Å². The molecule has 0 radical (unpaired) electrons. The van der Waals surface area contributed by atoms with E-state index in [2.05, 4.69) is 38.1 Å². The zero-order chi connectivity index (χ0) is 13.0. The minimum Gasteiger partial charge on any atom is -0.330 e. The standard InChI is InChI=1S/C17H27N/c1-3-14-5-7-16(8-6-14)12-17(13-18)10-9-15(4-2)11-17/h5-8,15H,3-4,9-13,18H2,1-2H3. The Morgan fingerprint density at radius 2 is 1.83 bits per heavy atom. The molecule has 1 fully saturated rings. The summed E-state index contributed by atoms with van der Waals surface area (Å²) in [4.78, 5) is 0. The Kier molecular flexibility index (Phi) is 4.45. The number of rotatable bonds is 5. The van der Waals surface area contributed by atoms with Crippen molar-refractivity contribution >= 4 is 0 Å². The second kappa shape index (κ2) is 5.88. The van der Waals surface area contributed by atoms with Crippen LogP contribution in [-0.2, 0) is 12.8 Å². The highest BCUT2D eigenvalue weighted by atomic mass is 14.6. The van der Waals surface area contributed by atoms with E-state index in [1.165, 1.54) is 43.2 Å². The third-order valence-electron chi connectivity index (χ3n) is 4.83. The summed E-state index contributed by atoms with van der Waals surface area (Å²) >= 11 is 0. The zero-order valence-corrected chi connectivity index (χ0v) is 11.9. The lowest BCUT2D eigenvalue weighted by Crippen LogP contribution is -2.30. The molecule has 1 aromatic carbocycles. The van der Waals surface area contributed by atoms with Crippen LogP contribution in [0.15, 0.2) is 24.3 Å². The van der Waals surface area contributed by atoms with Crippen LogP contribution < -0.4 is 5.73 Å². The number of nitrogens with two attached hydrogens (primary N) is 1. The Balaban J connectivity index is 2.05. The van der Waals surface area contributed by atoms with Crippen molar-refractivity contribution in [1.82, 2.24) is 0 Å². The average Bonchev–Trinajstić information content (AvgIpc) is 2.84. The summed E-state index contributed by atoms with van der Waals surface area (Å²) in [5.41, 5.74) is 9.37. The minimum atomic E-state index is 0.383. The molecule has 0 aromatic heterocycles. The summed E-state index contributed by atoms with van der Waals surface area (Å²) in [5.74, 6) is 0.906. The molecule has 2 rings (SSSR count). The smallest absolute Gasteiger partial charge is 0.00172 e. The van der Waals surface area contributed by atoms with E-state index in [1.54, 1.807) is 0 Å². The highest BCUT2D eigenvalue weighted by molar-refractivity contribution is 5.24. The van der Waals surface area contributed by atoms with Gasteiger partial charge in [0, 0.05) is 0 Å². The SMILES string of the molecule is CCc1ccc(CC2(CN)CCC(CC)C2)cc1. The van der Waals surface area contributed by atoms with Crippen molar-refractivity contribution in [3.63, 3.8) is 0 Å². The van der Waals surface area contributed by atoms with Crippen LogP contribution in [0.1, 0.15) is 50.7 Å². The molecule has 0 aliphatic heterocycles. The van der Waals surface area contributed by atoms with Gasteiger partial charge in [0.05, 0.1) is 0 Å². The molecule has 0 amide bonds. The second-order valence-corrected chi connectivity index (χ2v) is 6.07. The lowest BCUT2D eigenvalue weighted by molar-refractivity contribution is 0.290. The highest BCUT2D eigenvalue weighted by Gasteiger charge is 2.37. The Hall–Kier alpha value is -0.820. The van der Waals surface area contributed by atoms with E-state index in [1.807, 2.05) is 0 Å². The van der Waals surface area contributed by atoms with E-state index in [0.29, 0.717) is 5.41 Å². The Morgan fingerprint density at radius 1 is 1.17 bits per heavy atom. The molecule has 1 nitrogen and oxygen atoms in total. The first-order valence-electron chi connectivity index (χ1n) is 7.49. The van der Waals surface area contributed by atoms with Crippen molar-refractivity contribution < 1.29 is 0 Å². The molecule has 0 spiro atoms. The molecule has 1 heteroatoms. The molecule has 1 aliphatic rings. The van der Waals surface area contributed by atoms with Gasteiger partial charge in [0.1, 0.15) is 0 Å². The van der Waals surface area contributed by atoms with Gasteiger partial charge in [-0.3, -0.25) is 0 Å². The lowest BCUT2D eigenvalue weighted by Gasteiger charge is -2.28. The molecule has 1 aliphatic carbocycles. The average molecular weight is 245 g/mol. The van der Waals surface area contributed by atoms with Gasteiger partial charge in [0.15, 0.2) is 0 Å². The third kappa shape index (κ3) is 2.95. The molecule has 100 valence electrons. The third-order valence-corrected chi connectivity index (χ3v) is 4.83. The van der Waals surface area contributed by atoms with Crippen LogP contribution in [0.4, 0.5) is 0 Å². The molecule has 2 unspecified atom stereocenters. The quantitative estimate of drug-likeness (QED) is 0.835. The molecule has 0 saturated heterocycles. The van der Waals surface area contributed by atoms with E-state index >= 15 is 0 Å². The molecule has 0 bridgehead atoms. The zero-order valence-electron chi connectivity index (χ0n) is 11.9. The minimum absolute atomic E-state index is 0.383. The maximum atomic E-state index is 6.09. The normalized spacial score (nSPS) is 27.6. The molecular weight excluding hydrogens is 218 g/mol. The largest absolute Gasteiger partial charge is 0.330 e. The first kappa shape index (κ1) is 13.6. The molecule has 18 heavy (non-hydrogen) atoms. The number of hydrogen-bond donors (Lipinski definition) is 1. The highest BCUT2D eigenvalue weighted by Crippen LogP contribution is 2.44. The van der Waals surface area contributed by atoms with Crippen LogP contribution >= 0.6 is 0 Å².